The van der Waals surface area contributed by atoms with E-state index in [2.05, 4.69) is 6.58 Å². The van der Waals surface area contributed by atoms with Gasteiger partial charge < -0.3 is 14.4 Å². The van der Waals surface area contributed by atoms with E-state index in [1.807, 2.05) is 0 Å². The van der Waals surface area contributed by atoms with Crippen LogP contribution < -0.4 is 0 Å². The highest BCUT2D eigenvalue weighted by Gasteiger charge is 2.40. The molecule has 1 atom stereocenters. The molecule has 10 heavy (non-hydrogen) atoms. The van der Waals surface area contributed by atoms with Crippen LogP contribution in [0.2, 0.25) is 0 Å². The zero-order chi connectivity index (χ0) is 7.61. The van der Waals surface area contributed by atoms with Gasteiger partial charge in [-0.3, -0.25) is 0 Å². The summed E-state index contributed by atoms with van der Waals surface area (Å²) in [5.41, 5.74) is -1.06. The van der Waals surface area contributed by atoms with E-state index in [1.165, 1.54) is 6.08 Å². The van der Waals surface area contributed by atoms with E-state index < -0.39 is 12.6 Å². The summed E-state index contributed by atoms with van der Waals surface area (Å²) in [6.07, 6.45) is 1.42. The summed E-state index contributed by atoms with van der Waals surface area (Å²) >= 11 is 0. The fourth-order valence-corrected chi connectivity index (χ4v) is 0.792. The highest BCUT2D eigenvalue weighted by atomic mass is 16.6. The van der Waals surface area contributed by atoms with Gasteiger partial charge in [0.15, 0.2) is 0 Å². The molecule has 0 bridgehead atoms. The van der Waals surface area contributed by atoms with Crippen molar-refractivity contribution in [3.8, 4) is 0 Å². The van der Waals surface area contributed by atoms with Gasteiger partial charge in [-0.2, -0.15) is 0 Å². The third-order valence-electron chi connectivity index (χ3n) is 1.51. The minimum absolute atomic E-state index is 0.537. The summed E-state index contributed by atoms with van der Waals surface area (Å²) in [6.45, 7) is 6.17. The Hall–Kier alpha value is -0.315. The number of rotatable bonds is 2. The molecular weight excluding hydrogens is 131 g/mol. The minimum atomic E-state index is -1.06. The van der Waals surface area contributed by atoms with Gasteiger partial charge in [-0.25, -0.2) is 0 Å². The standard InChI is InChI=1S/C6H11BO3/c1-3-6(2,8)7-9-4-5-10-7/h3,8H,1,4-5H2,2H3. The van der Waals surface area contributed by atoms with Crippen molar-refractivity contribution in [2.75, 3.05) is 13.2 Å². The Kier molecular flexibility index (Phi) is 2.13. The third-order valence-corrected chi connectivity index (χ3v) is 1.51. The lowest BCUT2D eigenvalue weighted by Crippen LogP contribution is -2.42. The molecule has 3 nitrogen and oxygen atoms in total. The quantitative estimate of drug-likeness (QED) is 0.435. The van der Waals surface area contributed by atoms with Crippen LogP contribution in [-0.4, -0.2) is 30.9 Å². The summed E-state index contributed by atoms with van der Waals surface area (Å²) < 4.78 is 10.1. The summed E-state index contributed by atoms with van der Waals surface area (Å²) in [7, 11) is -0.537. The van der Waals surface area contributed by atoms with Gasteiger partial charge in [0.25, 0.3) is 0 Å². The van der Waals surface area contributed by atoms with E-state index in [1.54, 1.807) is 6.92 Å². The smallest absolute Gasteiger partial charge is 0.407 e. The highest BCUT2D eigenvalue weighted by molar-refractivity contribution is 6.49. The molecule has 1 N–H and O–H groups in total. The fraction of sp³-hybridized carbons (Fsp3) is 0.667. The molecule has 0 radical (unpaired) electrons. The predicted octanol–water partition coefficient (Wildman–Crippen LogP) is -0.00240. The molecule has 0 aromatic carbocycles. The van der Waals surface area contributed by atoms with Crippen molar-refractivity contribution in [3.05, 3.63) is 12.7 Å². The molecule has 0 aromatic heterocycles. The molecule has 0 amide bonds. The molecule has 1 fully saturated rings. The lowest BCUT2D eigenvalue weighted by molar-refractivity contribution is 0.144. The molecule has 1 saturated heterocycles. The van der Waals surface area contributed by atoms with E-state index in [0.29, 0.717) is 13.2 Å². The van der Waals surface area contributed by atoms with E-state index in [-0.39, 0.29) is 0 Å². The Morgan fingerprint density at radius 1 is 1.60 bits per heavy atom. The van der Waals surface area contributed by atoms with E-state index >= 15 is 0 Å². The first-order valence-corrected chi connectivity index (χ1v) is 3.26. The van der Waals surface area contributed by atoms with Crippen molar-refractivity contribution in [2.45, 2.75) is 12.4 Å². The molecular formula is C6H11BO3. The van der Waals surface area contributed by atoms with Gasteiger partial charge in [-0.05, 0) is 6.92 Å². The van der Waals surface area contributed by atoms with Crippen LogP contribution in [0, 0.1) is 0 Å². The normalized spacial score (nSPS) is 24.4. The second-order valence-electron chi connectivity index (χ2n) is 2.50. The van der Waals surface area contributed by atoms with Crippen molar-refractivity contribution in [1.82, 2.24) is 0 Å². The predicted molar refractivity (Wildman–Crippen MR) is 38.5 cm³/mol. The Balaban J connectivity index is 2.53. The molecule has 1 rings (SSSR count). The van der Waals surface area contributed by atoms with E-state index in [9.17, 15) is 5.11 Å². The van der Waals surface area contributed by atoms with E-state index in [0.717, 1.165) is 0 Å². The summed E-state index contributed by atoms with van der Waals surface area (Å²) in [6, 6.07) is 0. The maximum absolute atomic E-state index is 9.45. The Bertz CT molecular complexity index is 129. The highest BCUT2D eigenvalue weighted by Crippen LogP contribution is 2.15. The van der Waals surface area contributed by atoms with Gasteiger partial charge in [0.2, 0.25) is 0 Å². The van der Waals surface area contributed by atoms with Crippen LogP contribution in [0.1, 0.15) is 6.92 Å². The first-order chi connectivity index (χ1) is 4.67. The summed E-state index contributed by atoms with van der Waals surface area (Å²) in [4.78, 5) is 0. The molecule has 1 aliphatic rings. The second-order valence-corrected chi connectivity index (χ2v) is 2.50. The number of hydrogen-bond donors (Lipinski definition) is 1. The van der Waals surface area contributed by atoms with Crippen LogP contribution in [0.3, 0.4) is 0 Å². The molecule has 0 spiro atoms. The van der Waals surface area contributed by atoms with Gasteiger partial charge in [0.05, 0.1) is 13.2 Å². The van der Waals surface area contributed by atoms with E-state index in [4.69, 9.17) is 9.31 Å². The second kappa shape index (κ2) is 2.74. The topological polar surface area (TPSA) is 38.7 Å². The molecule has 0 aliphatic carbocycles. The van der Waals surface area contributed by atoms with Gasteiger partial charge in [-0.15, -0.1) is 6.58 Å². The van der Waals surface area contributed by atoms with Crippen LogP contribution >= 0.6 is 0 Å². The number of hydrogen-bond acceptors (Lipinski definition) is 3. The zero-order valence-corrected chi connectivity index (χ0v) is 6.04. The largest absolute Gasteiger partial charge is 0.495 e. The van der Waals surface area contributed by atoms with Crippen LogP contribution in [0.4, 0.5) is 0 Å². The SMILES string of the molecule is C=CC(C)(O)B1OCCO1. The molecule has 1 aliphatic heterocycles. The molecule has 56 valence electrons. The van der Waals surface area contributed by atoms with Crippen molar-refractivity contribution in [2.24, 2.45) is 0 Å². The van der Waals surface area contributed by atoms with Crippen LogP contribution in [0.5, 0.6) is 0 Å². The van der Waals surface area contributed by atoms with Crippen molar-refractivity contribution < 1.29 is 14.4 Å². The average Bonchev–Trinajstić information content (AvgIpc) is 2.38. The summed E-state index contributed by atoms with van der Waals surface area (Å²) in [5.74, 6) is 0. The van der Waals surface area contributed by atoms with Gasteiger partial charge in [0.1, 0.15) is 5.50 Å². The maximum Gasteiger partial charge on any atom is 0.495 e. The van der Waals surface area contributed by atoms with Crippen molar-refractivity contribution in [3.63, 3.8) is 0 Å². The molecule has 4 heteroatoms. The average molecular weight is 142 g/mol. The lowest BCUT2D eigenvalue weighted by atomic mass is 9.69. The third kappa shape index (κ3) is 1.40. The number of aliphatic hydroxyl groups is 1. The van der Waals surface area contributed by atoms with Crippen LogP contribution in [0.25, 0.3) is 0 Å². The zero-order valence-electron chi connectivity index (χ0n) is 6.04. The maximum atomic E-state index is 9.45. The fourth-order valence-electron chi connectivity index (χ4n) is 0.792. The van der Waals surface area contributed by atoms with Crippen molar-refractivity contribution in [1.29, 1.82) is 0 Å². The first-order valence-electron chi connectivity index (χ1n) is 3.26. The van der Waals surface area contributed by atoms with Gasteiger partial charge in [-0.1, -0.05) is 6.08 Å². The molecule has 0 saturated carbocycles. The Morgan fingerprint density at radius 2 is 2.10 bits per heavy atom. The van der Waals surface area contributed by atoms with Gasteiger partial charge in [0, 0.05) is 0 Å². The lowest BCUT2D eigenvalue weighted by Gasteiger charge is -2.19. The Morgan fingerprint density at radius 3 is 2.50 bits per heavy atom. The van der Waals surface area contributed by atoms with Crippen molar-refractivity contribution >= 4 is 7.12 Å². The van der Waals surface area contributed by atoms with Gasteiger partial charge >= 0.3 is 7.12 Å². The Labute approximate surface area is 60.8 Å². The molecule has 1 heterocycles. The molecule has 1 unspecified atom stereocenters. The summed E-state index contributed by atoms with van der Waals surface area (Å²) in [5, 5.41) is 9.45. The van der Waals surface area contributed by atoms with Crippen LogP contribution in [0.15, 0.2) is 12.7 Å². The molecule has 0 aromatic rings. The minimum Gasteiger partial charge on any atom is -0.407 e. The van der Waals surface area contributed by atoms with Crippen LogP contribution in [-0.2, 0) is 9.31 Å². The first kappa shape index (κ1) is 7.79. The monoisotopic (exact) mass is 142 g/mol.